The van der Waals surface area contributed by atoms with Crippen molar-refractivity contribution in [3.8, 4) is 0 Å². The van der Waals surface area contributed by atoms with Gasteiger partial charge in [-0.15, -0.1) is 34.2 Å². The van der Waals surface area contributed by atoms with Crippen molar-refractivity contribution >= 4 is 29.9 Å². The first-order valence-corrected chi connectivity index (χ1v) is 8.62. The number of aromatic nitrogens is 3. The lowest BCUT2D eigenvalue weighted by Crippen LogP contribution is -2.41. The van der Waals surface area contributed by atoms with Gasteiger partial charge in [0, 0.05) is 32.6 Å². The van der Waals surface area contributed by atoms with Gasteiger partial charge < -0.3 is 15.2 Å². The Morgan fingerprint density at radius 1 is 1.30 bits per heavy atom. The maximum absolute atomic E-state index is 4.79. The van der Waals surface area contributed by atoms with Crippen molar-refractivity contribution in [2.45, 2.75) is 59.4 Å². The fraction of sp³-hybridized carbons (Fsp3) is 0.812. The molecule has 1 saturated carbocycles. The summed E-state index contributed by atoms with van der Waals surface area (Å²) in [5.41, 5.74) is 0.464. The molecule has 1 heterocycles. The third kappa shape index (κ3) is 5.61. The van der Waals surface area contributed by atoms with Gasteiger partial charge in [0.2, 0.25) is 0 Å². The molecule has 132 valence electrons. The number of rotatable bonds is 8. The SMILES string of the molecule is CCNC(=NCC1(CC)CCC1)NCCn1cnnc1CC.I. The highest BCUT2D eigenvalue weighted by Crippen LogP contribution is 2.43. The number of hydrogen-bond donors (Lipinski definition) is 2. The molecule has 1 aliphatic rings. The Morgan fingerprint density at radius 3 is 2.65 bits per heavy atom. The molecule has 2 rings (SSSR count). The Kier molecular flexibility index (Phi) is 8.86. The van der Waals surface area contributed by atoms with E-state index in [-0.39, 0.29) is 24.0 Å². The number of halogens is 1. The Bertz CT molecular complexity index is 475. The average Bonchev–Trinajstić information content (AvgIpc) is 2.94. The van der Waals surface area contributed by atoms with Crippen LogP contribution >= 0.6 is 24.0 Å². The van der Waals surface area contributed by atoms with Crippen molar-refractivity contribution in [2.24, 2.45) is 10.4 Å². The van der Waals surface area contributed by atoms with Gasteiger partial charge >= 0.3 is 0 Å². The van der Waals surface area contributed by atoms with Gasteiger partial charge in [-0.2, -0.15) is 0 Å². The van der Waals surface area contributed by atoms with Gasteiger partial charge in [0.05, 0.1) is 0 Å². The lowest BCUT2D eigenvalue weighted by molar-refractivity contribution is 0.139. The molecular formula is C16H31IN6. The second-order valence-electron chi connectivity index (χ2n) is 6.12. The van der Waals surface area contributed by atoms with E-state index in [1.807, 2.05) is 0 Å². The van der Waals surface area contributed by atoms with Gasteiger partial charge in [-0.3, -0.25) is 4.99 Å². The van der Waals surface area contributed by atoms with Gasteiger partial charge in [0.15, 0.2) is 5.96 Å². The van der Waals surface area contributed by atoms with E-state index < -0.39 is 0 Å². The normalized spacial score (nSPS) is 16.4. The molecule has 0 aliphatic heterocycles. The minimum atomic E-state index is 0. The standard InChI is InChI=1S/C16H30N6.HI/c1-4-14-21-20-13-22(14)11-10-18-15(17-6-3)19-12-16(5-2)8-7-9-16;/h13H,4-12H2,1-3H3,(H2,17,18,19);1H. The predicted octanol–water partition coefficient (Wildman–Crippen LogP) is 2.59. The quantitative estimate of drug-likeness (QED) is 0.375. The number of nitrogens with zero attached hydrogens (tertiary/aromatic N) is 4. The maximum atomic E-state index is 4.79. The number of nitrogens with one attached hydrogen (secondary N) is 2. The zero-order valence-electron chi connectivity index (χ0n) is 14.6. The molecule has 0 amide bonds. The van der Waals surface area contributed by atoms with Gasteiger partial charge in [-0.05, 0) is 31.6 Å². The number of guanidine groups is 1. The summed E-state index contributed by atoms with van der Waals surface area (Å²) in [5.74, 6) is 1.96. The van der Waals surface area contributed by atoms with E-state index in [2.05, 4.69) is 46.2 Å². The molecule has 0 unspecified atom stereocenters. The molecule has 0 atom stereocenters. The van der Waals surface area contributed by atoms with Crippen LogP contribution in [0.4, 0.5) is 0 Å². The number of hydrogen-bond acceptors (Lipinski definition) is 3. The van der Waals surface area contributed by atoms with Gasteiger partial charge in [0.25, 0.3) is 0 Å². The molecule has 1 aliphatic carbocycles. The molecule has 1 aromatic rings. The second kappa shape index (κ2) is 10.1. The van der Waals surface area contributed by atoms with Crippen LogP contribution in [-0.2, 0) is 13.0 Å². The molecule has 6 nitrogen and oxygen atoms in total. The van der Waals surface area contributed by atoms with Crippen LogP contribution in [-0.4, -0.2) is 40.4 Å². The van der Waals surface area contributed by atoms with Crippen LogP contribution in [0.2, 0.25) is 0 Å². The zero-order chi connectivity index (χ0) is 15.8. The second-order valence-corrected chi connectivity index (χ2v) is 6.12. The molecule has 1 fully saturated rings. The first-order valence-electron chi connectivity index (χ1n) is 8.62. The minimum Gasteiger partial charge on any atom is -0.357 e. The van der Waals surface area contributed by atoms with Crippen molar-refractivity contribution in [3.63, 3.8) is 0 Å². The van der Waals surface area contributed by atoms with Crippen LogP contribution in [0.15, 0.2) is 11.3 Å². The van der Waals surface area contributed by atoms with Gasteiger partial charge in [-0.25, -0.2) is 0 Å². The van der Waals surface area contributed by atoms with Gasteiger partial charge in [0.1, 0.15) is 12.2 Å². The Hall–Kier alpha value is -0.860. The highest BCUT2D eigenvalue weighted by atomic mass is 127. The molecule has 0 aromatic carbocycles. The van der Waals surface area contributed by atoms with Crippen LogP contribution in [0.5, 0.6) is 0 Å². The Balaban J connectivity index is 0.00000264. The molecule has 2 N–H and O–H groups in total. The minimum absolute atomic E-state index is 0. The topological polar surface area (TPSA) is 67.1 Å². The summed E-state index contributed by atoms with van der Waals surface area (Å²) >= 11 is 0. The molecule has 0 saturated heterocycles. The smallest absolute Gasteiger partial charge is 0.191 e. The lowest BCUT2D eigenvalue weighted by atomic mass is 9.67. The van der Waals surface area contributed by atoms with Crippen molar-refractivity contribution < 1.29 is 0 Å². The first kappa shape index (κ1) is 20.2. The predicted molar refractivity (Wildman–Crippen MR) is 105 cm³/mol. The summed E-state index contributed by atoms with van der Waals surface area (Å²) in [4.78, 5) is 4.79. The van der Waals surface area contributed by atoms with E-state index in [0.29, 0.717) is 5.41 Å². The largest absolute Gasteiger partial charge is 0.357 e. The van der Waals surface area contributed by atoms with E-state index in [1.165, 1.54) is 25.7 Å². The summed E-state index contributed by atoms with van der Waals surface area (Å²) < 4.78 is 2.09. The summed E-state index contributed by atoms with van der Waals surface area (Å²) in [5, 5.41) is 14.8. The first-order chi connectivity index (χ1) is 10.7. The van der Waals surface area contributed by atoms with E-state index in [4.69, 9.17) is 4.99 Å². The van der Waals surface area contributed by atoms with Gasteiger partial charge in [-0.1, -0.05) is 20.3 Å². The molecule has 0 radical (unpaired) electrons. The summed E-state index contributed by atoms with van der Waals surface area (Å²) in [6.07, 6.45) is 7.95. The van der Waals surface area contributed by atoms with Crippen LogP contribution in [0, 0.1) is 5.41 Å². The fourth-order valence-electron chi connectivity index (χ4n) is 2.92. The number of aryl methyl sites for hydroxylation is 1. The molecule has 23 heavy (non-hydrogen) atoms. The lowest BCUT2D eigenvalue weighted by Gasteiger charge is -2.40. The van der Waals surface area contributed by atoms with E-state index in [9.17, 15) is 0 Å². The van der Waals surface area contributed by atoms with Crippen molar-refractivity contribution in [1.82, 2.24) is 25.4 Å². The molecule has 7 heteroatoms. The third-order valence-electron chi connectivity index (χ3n) is 4.74. The zero-order valence-corrected chi connectivity index (χ0v) is 17.0. The monoisotopic (exact) mass is 434 g/mol. The highest BCUT2D eigenvalue weighted by Gasteiger charge is 2.34. The summed E-state index contributed by atoms with van der Waals surface area (Å²) in [6, 6.07) is 0. The van der Waals surface area contributed by atoms with Crippen LogP contribution in [0.1, 0.15) is 52.3 Å². The molecular weight excluding hydrogens is 403 g/mol. The summed E-state index contributed by atoms with van der Waals surface area (Å²) in [7, 11) is 0. The Morgan fingerprint density at radius 2 is 2.09 bits per heavy atom. The van der Waals surface area contributed by atoms with Crippen molar-refractivity contribution in [2.75, 3.05) is 19.6 Å². The van der Waals surface area contributed by atoms with Crippen molar-refractivity contribution in [3.05, 3.63) is 12.2 Å². The average molecular weight is 434 g/mol. The summed E-state index contributed by atoms with van der Waals surface area (Å²) in [6.45, 7) is 10.00. The Labute approximate surface area is 157 Å². The van der Waals surface area contributed by atoms with E-state index in [1.54, 1.807) is 6.33 Å². The van der Waals surface area contributed by atoms with Crippen LogP contribution < -0.4 is 10.6 Å². The van der Waals surface area contributed by atoms with E-state index in [0.717, 1.165) is 44.4 Å². The van der Waals surface area contributed by atoms with Crippen molar-refractivity contribution in [1.29, 1.82) is 0 Å². The van der Waals surface area contributed by atoms with E-state index >= 15 is 0 Å². The molecule has 0 spiro atoms. The maximum Gasteiger partial charge on any atom is 0.191 e. The number of aliphatic imine (C=N–C) groups is 1. The van der Waals surface area contributed by atoms with Crippen LogP contribution in [0.25, 0.3) is 0 Å². The molecule has 1 aromatic heterocycles. The fourth-order valence-corrected chi connectivity index (χ4v) is 2.92. The highest BCUT2D eigenvalue weighted by molar-refractivity contribution is 14.0. The third-order valence-corrected chi connectivity index (χ3v) is 4.74. The van der Waals surface area contributed by atoms with Crippen LogP contribution in [0.3, 0.4) is 0 Å². The molecule has 0 bridgehead atoms.